The lowest BCUT2D eigenvalue weighted by molar-refractivity contribution is 0.722. The van der Waals surface area contributed by atoms with Crippen molar-refractivity contribution in [3.05, 3.63) is 58.9 Å². The van der Waals surface area contributed by atoms with Crippen LogP contribution < -0.4 is 10.2 Å². The molecule has 0 radical (unpaired) electrons. The quantitative estimate of drug-likeness (QED) is 0.848. The van der Waals surface area contributed by atoms with E-state index >= 15 is 0 Å². The van der Waals surface area contributed by atoms with Crippen LogP contribution in [0.25, 0.3) is 0 Å². The molecule has 0 unspecified atom stereocenters. The third-order valence-corrected chi connectivity index (χ3v) is 3.74. The second kappa shape index (κ2) is 8.01. The average molecular weight is 304 g/mol. The summed E-state index contributed by atoms with van der Waals surface area (Å²) in [6.07, 6.45) is 4.69. The standard InChI is InChI=1S/C17H22ClN3/c1-3-19-13-15-12-16(18)4-5-17(15)21(2)11-8-14-6-9-20-10-7-14/h4-7,9-10,12,19H,3,8,11,13H2,1-2H3. The molecule has 3 nitrogen and oxygen atoms in total. The lowest BCUT2D eigenvalue weighted by atomic mass is 10.1. The maximum atomic E-state index is 6.12. The van der Waals surface area contributed by atoms with Gasteiger partial charge in [-0.3, -0.25) is 4.98 Å². The molecule has 0 atom stereocenters. The summed E-state index contributed by atoms with van der Waals surface area (Å²) in [5.41, 5.74) is 3.77. The van der Waals surface area contributed by atoms with E-state index in [1.54, 1.807) is 0 Å². The predicted molar refractivity (Wildman–Crippen MR) is 90.0 cm³/mol. The van der Waals surface area contributed by atoms with Gasteiger partial charge in [0, 0.05) is 43.2 Å². The monoisotopic (exact) mass is 303 g/mol. The van der Waals surface area contributed by atoms with Crippen molar-refractivity contribution in [3.8, 4) is 0 Å². The van der Waals surface area contributed by atoms with E-state index in [9.17, 15) is 0 Å². The molecule has 4 heteroatoms. The molecule has 1 aromatic carbocycles. The molecule has 1 aromatic heterocycles. The van der Waals surface area contributed by atoms with Crippen LogP contribution in [0.1, 0.15) is 18.1 Å². The van der Waals surface area contributed by atoms with Crippen molar-refractivity contribution < 1.29 is 0 Å². The van der Waals surface area contributed by atoms with Gasteiger partial charge >= 0.3 is 0 Å². The third-order valence-electron chi connectivity index (χ3n) is 3.50. The molecular weight excluding hydrogens is 282 g/mol. The molecular formula is C17H22ClN3. The molecule has 0 aliphatic rings. The van der Waals surface area contributed by atoms with Crippen LogP contribution in [0, 0.1) is 0 Å². The fraction of sp³-hybridized carbons (Fsp3) is 0.353. The first-order chi connectivity index (χ1) is 10.2. The van der Waals surface area contributed by atoms with Crippen molar-refractivity contribution in [2.45, 2.75) is 19.9 Å². The van der Waals surface area contributed by atoms with E-state index in [2.05, 4.69) is 47.4 Å². The molecule has 1 N–H and O–H groups in total. The molecule has 0 saturated heterocycles. The Morgan fingerprint density at radius 3 is 2.67 bits per heavy atom. The van der Waals surface area contributed by atoms with Gasteiger partial charge in [0.05, 0.1) is 0 Å². The largest absolute Gasteiger partial charge is 0.374 e. The van der Waals surface area contributed by atoms with Crippen LogP contribution in [0.2, 0.25) is 5.02 Å². The van der Waals surface area contributed by atoms with E-state index in [1.807, 2.05) is 24.5 Å². The highest BCUT2D eigenvalue weighted by molar-refractivity contribution is 6.30. The molecule has 0 aliphatic carbocycles. The van der Waals surface area contributed by atoms with Gasteiger partial charge in [0.1, 0.15) is 0 Å². The van der Waals surface area contributed by atoms with E-state index in [4.69, 9.17) is 11.6 Å². The number of anilines is 1. The first kappa shape index (κ1) is 15.8. The molecule has 0 spiro atoms. The van der Waals surface area contributed by atoms with Gasteiger partial charge in [0.25, 0.3) is 0 Å². The minimum atomic E-state index is 0.786. The first-order valence-electron chi connectivity index (χ1n) is 7.30. The zero-order valence-electron chi connectivity index (χ0n) is 12.6. The highest BCUT2D eigenvalue weighted by Crippen LogP contribution is 2.23. The van der Waals surface area contributed by atoms with Crippen LogP contribution in [0.15, 0.2) is 42.7 Å². The van der Waals surface area contributed by atoms with Gasteiger partial charge in [0.15, 0.2) is 0 Å². The molecule has 112 valence electrons. The van der Waals surface area contributed by atoms with Crippen molar-refractivity contribution in [2.75, 3.05) is 25.0 Å². The first-order valence-corrected chi connectivity index (χ1v) is 7.67. The lowest BCUT2D eigenvalue weighted by Crippen LogP contribution is -2.23. The summed E-state index contributed by atoms with van der Waals surface area (Å²) in [7, 11) is 2.12. The highest BCUT2D eigenvalue weighted by Gasteiger charge is 2.08. The second-order valence-electron chi connectivity index (χ2n) is 5.08. The number of pyridine rings is 1. The Kier molecular flexibility index (Phi) is 6.03. The van der Waals surface area contributed by atoms with Crippen LogP contribution >= 0.6 is 11.6 Å². The molecule has 0 bridgehead atoms. The predicted octanol–water partition coefficient (Wildman–Crippen LogP) is 3.52. The number of halogens is 1. The number of benzene rings is 1. The van der Waals surface area contributed by atoms with Gasteiger partial charge < -0.3 is 10.2 Å². The van der Waals surface area contributed by atoms with E-state index in [0.29, 0.717) is 0 Å². The van der Waals surface area contributed by atoms with Crippen molar-refractivity contribution in [1.29, 1.82) is 0 Å². The second-order valence-corrected chi connectivity index (χ2v) is 5.52. The Hall–Kier alpha value is -1.58. The summed E-state index contributed by atoms with van der Waals surface area (Å²) in [6, 6.07) is 10.2. The number of hydrogen-bond acceptors (Lipinski definition) is 3. The molecule has 2 rings (SSSR count). The molecule has 1 heterocycles. The number of nitrogens with zero attached hydrogens (tertiary/aromatic N) is 2. The SMILES string of the molecule is CCNCc1cc(Cl)ccc1N(C)CCc1ccncc1. The van der Waals surface area contributed by atoms with E-state index in [0.717, 1.165) is 31.1 Å². The van der Waals surface area contributed by atoms with Gasteiger partial charge in [0.2, 0.25) is 0 Å². The summed E-state index contributed by atoms with van der Waals surface area (Å²) >= 11 is 6.12. The highest BCUT2D eigenvalue weighted by atomic mass is 35.5. The number of likely N-dealkylation sites (N-methyl/N-ethyl adjacent to an activating group) is 1. The van der Waals surface area contributed by atoms with E-state index in [1.165, 1.54) is 16.8 Å². The summed E-state index contributed by atoms with van der Waals surface area (Å²) in [4.78, 5) is 6.33. The van der Waals surface area contributed by atoms with Crippen LogP contribution in [-0.4, -0.2) is 25.1 Å². The normalized spacial score (nSPS) is 10.6. The van der Waals surface area contributed by atoms with Gasteiger partial charge in [-0.1, -0.05) is 18.5 Å². The molecule has 2 aromatic rings. The fourth-order valence-corrected chi connectivity index (χ4v) is 2.49. The number of aromatic nitrogens is 1. The van der Waals surface area contributed by atoms with E-state index in [-0.39, 0.29) is 0 Å². The third kappa shape index (κ3) is 4.73. The Morgan fingerprint density at radius 1 is 1.19 bits per heavy atom. The zero-order valence-corrected chi connectivity index (χ0v) is 13.4. The van der Waals surface area contributed by atoms with Crippen molar-refractivity contribution in [3.63, 3.8) is 0 Å². The molecule has 0 saturated carbocycles. The molecule has 0 aliphatic heterocycles. The van der Waals surface area contributed by atoms with Crippen molar-refractivity contribution in [2.24, 2.45) is 0 Å². The molecule has 0 fully saturated rings. The lowest BCUT2D eigenvalue weighted by Gasteiger charge is -2.23. The molecule has 0 amide bonds. The zero-order chi connectivity index (χ0) is 15.1. The maximum Gasteiger partial charge on any atom is 0.0410 e. The van der Waals surface area contributed by atoms with Gasteiger partial charge in [-0.2, -0.15) is 0 Å². The summed E-state index contributed by atoms with van der Waals surface area (Å²) in [5, 5.41) is 4.15. The number of hydrogen-bond donors (Lipinski definition) is 1. The number of rotatable bonds is 7. The van der Waals surface area contributed by atoms with E-state index < -0.39 is 0 Å². The van der Waals surface area contributed by atoms with Gasteiger partial charge in [-0.15, -0.1) is 0 Å². The van der Waals surface area contributed by atoms with Crippen LogP contribution in [-0.2, 0) is 13.0 Å². The van der Waals surface area contributed by atoms with Crippen molar-refractivity contribution >= 4 is 17.3 Å². The fourth-order valence-electron chi connectivity index (χ4n) is 2.29. The Morgan fingerprint density at radius 2 is 1.95 bits per heavy atom. The minimum absolute atomic E-state index is 0.786. The van der Waals surface area contributed by atoms with Crippen LogP contribution in [0.5, 0.6) is 0 Å². The molecule has 21 heavy (non-hydrogen) atoms. The minimum Gasteiger partial charge on any atom is -0.374 e. The Labute approximate surface area is 132 Å². The summed E-state index contributed by atoms with van der Waals surface area (Å²) in [5.74, 6) is 0. The van der Waals surface area contributed by atoms with Gasteiger partial charge in [-0.25, -0.2) is 0 Å². The summed E-state index contributed by atoms with van der Waals surface area (Å²) in [6.45, 7) is 4.86. The number of nitrogens with one attached hydrogen (secondary N) is 1. The average Bonchev–Trinajstić information content (AvgIpc) is 2.51. The topological polar surface area (TPSA) is 28.2 Å². The Balaban J connectivity index is 2.05. The Bertz CT molecular complexity index is 557. The van der Waals surface area contributed by atoms with Crippen LogP contribution in [0.3, 0.4) is 0 Å². The summed E-state index contributed by atoms with van der Waals surface area (Å²) < 4.78 is 0. The maximum absolute atomic E-state index is 6.12. The van der Waals surface area contributed by atoms with Crippen molar-refractivity contribution in [1.82, 2.24) is 10.3 Å². The van der Waals surface area contributed by atoms with Gasteiger partial charge in [-0.05, 0) is 54.4 Å². The van der Waals surface area contributed by atoms with Crippen LogP contribution in [0.4, 0.5) is 5.69 Å². The smallest absolute Gasteiger partial charge is 0.0410 e.